The minimum atomic E-state index is -1.26. The number of benzene rings is 1. The van der Waals surface area contributed by atoms with Gasteiger partial charge in [-0.25, -0.2) is 0 Å². The fourth-order valence-electron chi connectivity index (χ4n) is 9.90. The molecule has 204 valence electrons. The SMILES string of the molecule is CCCCC1CCC([Si](C)(C)C2C(C)CC3C2CC2CCCC2C3c2ccccc2)C1.[CH3-].[CH3-].[Cl][Zr+2][Cl]. The molecule has 0 N–H and O–H groups in total. The Morgan fingerprint density at radius 3 is 2.25 bits per heavy atom. The van der Waals surface area contributed by atoms with Crippen molar-refractivity contribution in [1.82, 2.24) is 0 Å². The van der Waals surface area contributed by atoms with E-state index in [-0.39, 0.29) is 14.9 Å². The van der Waals surface area contributed by atoms with E-state index in [4.69, 9.17) is 17.0 Å². The Hall–Kier alpha value is 0.900. The standard InChI is InChI=1S/C30H48Si.2CH3.2ClH.Zr/c1-5-6-11-22-16-17-25(19-22)31(3,4)30-21(2)18-27-28(30)20-24-14-10-15-26(24)29(27)23-12-8-7-9-13-23;;;;;/h7-9,12-13,21-22,24-30H,5-6,10-11,14-20H2,1-4H3;2*1H3;2*1H;/q;2*-1;;;+4/p-2. The second kappa shape index (κ2) is 15.1. The van der Waals surface area contributed by atoms with Gasteiger partial charge in [-0.3, -0.25) is 0 Å². The predicted molar refractivity (Wildman–Crippen MR) is 162 cm³/mol. The Labute approximate surface area is 245 Å². The number of hydrogen-bond donors (Lipinski definition) is 0. The van der Waals surface area contributed by atoms with Gasteiger partial charge in [0.1, 0.15) is 0 Å². The van der Waals surface area contributed by atoms with Crippen molar-refractivity contribution in [3.8, 4) is 0 Å². The summed E-state index contributed by atoms with van der Waals surface area (Å²) in [6, 6.07) is 11.8. The van der Waals surface area contributed by atoms with E-state index < -0.39 is 28.9 Å². The molecule has 5 rings (SSSR count). The molecule has 0 saturated heterocycles. The molecule has 4 aliphatic carbocycles. The molecular weight excluding hydrogens is 575 g/mol. The fourth-order valence-corrected chi connectivity index (χ4v) is 15.4. The van der Waals surface area contributed by atoms with Crippen LogP contribution in [0.25, 0.3) is 0 Å². The number of unbranched alkanes of at least 4 members (excludes halogenated alkanes) is 1. The van der Waals surface area contributed by atoms with Gasteiger partial charge in [0.15, 0.2) is 0 Å². The van der Waals surface area contributed by atoms with Gasteiger partial charge in [0.05, 0.1) is 8.07 Å². The molecule has 4 saturated carbocycles. The van der Waals surface area contributed by atoms with Crippen LogP contribution in [0.5, 0.6) is 0 Å². The molecule has 1 aromatic carbocycles. The molecule has 0 bridgehead atoms. The van der Waals surface area contributed by atoms with Crippen molar-refractivity contribution in [3.05, 3.63) is 50.7 Å². The molecule has 9 unspecified atom stereocenters. The third-order valence-electron chi connectivity index (χ3n) is 11.1. The van der Waals surface area contributed by atoms with E-state index in [1.54, 1.807) is 31.2 Å². The summed E-state index contributed by atoms with van der Waals surface area (Å²) >= 11 is -0.826. The first-order valence-corrected chi connectivity index (χ1v) is 23.9. The Balaban J connectivity index is 0.000000871. The quantitative estimate of drug-likeness (QED) is 0.217. The Kier molecular flexibility index (Phi) is 13.8. The van der Waals surface area contributed by atoms with Crippen LogP contribution in [0.4, 0.5) is 0 Å². The van der Waals surface area contributed by atoms with Crippen molar-refractivity contribution < 1.29 is 20.8 Å². The zero-order valence-corrected chi connectivity index (χ0v) is 29.1. The van der Waals surface area contributed by atoms with Crippen LogP contribution in [-0.4, -0.2) is 8.07 Å². The van der Waals surface area contributed by atoms with E-state index in [1.165, 1.54) is 44.9 Å². The summed E-state index contributed by atoms with van der Waals surface area (Å²) in [7, 11) is 8.60. The molecule has 4 fully saturated rings. The van der Waals surface area contributed by atoms with E-state index in [0.29, 0.717) is 0 Å². The first kappa shape index (κ1) is 33.1. The molecule has 4 heteroatoms. The van der Waals surface area contributed by atoms with E-state index in [1.807, 2.05) is 0 Å². The van der Waals surface area contributed by atoms with E-state index in [2.05, 4.69) is 57.3 Å². The molecule has 0 spiro atoms. The second-order valence-corrected chi connectivity index (χ2v) is 21.9. The second-order valence-electron chi connectivity index (χ2n) is 13.0. The maximum atomic E-state index is 4.93. The monoisotopic (exact) mass is 626 g/mol. The zero-order chi connectivity index (χ0) is 24.3. The fraction of sp³-hybridized carbons (Fsp3) is 0.750. The maximum absolute atomic E-state index is 4.93. The Morgan fingerprint density at radius 2 is 1.58 bits per heavy atom. The Morgan fingerprint density at radius 1 is 0.889 bits per heavy atom. The van der Waals surface area contributed by atoms with Crippen LogP contribution in [0.2, 0.25) is 24.2 Å². The average molecular weight is 629 g/mol. The van der Waals surface area contributed by atoms with Gasteiger partial charge < -0.3 is 14.9 Å². The topological polar surface area (TPSA) is 0 Å². The molecule has 0 aromatic heterocycles. The third-order valence-corrected chi connectivity index (χ3v) is 16.4. The number of hydrogen-bond acceptors (Lipinski definition) is 0. The number of fused-ring (bicyclic) bond motifs is 2. The van der Waals surface area contributed by atoms with Gasteiger partial charge in [0.2, 0.25) is 0 Å². The van der Waals surface area contributed by atoms with Crippen LogP contribution in [0.3, 0.4) is 0 Å². The van der Waals surface area contributed by atoms with Gasteiger partial charge in [0.25, 0.3) is 0 Å². The first-order valence-electron chi connectivity index (χ1n) is 14.4. The summed E-state index contributed by atoms with van der Waals surface area (Å²) in [6.07, 6.45) is 16.7. The van der Waals surface area contributed by atoms with Crippen LogP contribution in [0.1, 0.15) is 96.0 Å². The average Bonchev–Trinajstić information content (AvgIpc) is 3.55. The molecule has 0 heterocycles. The first-order chi connectivity index (χ1) is 16.4. The summed E-state index contributed by atoms with van der Waals surface area (Å²) in [6.45, 7) is 10.7. The predicted octanol–water partition coefficient (Wildman–Crippen LogP) is 11.6. The third kappa shape index (κ3) is 6.96. The van der Waals surface area contributed by atoms with Gasteiger partial charge in [-0.15, -0.1) is 0 Å². The van der Waals surface area contributed by atoms with E-state index >= 15 is 0 Å². The van der Waals surface area contributed by atoms with Crippen LogP contribution in [0, 0.1) is 50.4 Å². The molecule has 9 atom stereocenters. The summed E-state index contributed by atoms with van der Waals surface area (Å²) in [4.78, 5) is 0. The molecular formula is C32H54Cl2SiZr. The van der Waals surface area contributed by atoms with Gasteiger partial charge in [-0.1, -0.05) is 102 Å². The molecule has 1 aromatic rings. The van der Waals surface area contributed by atoms with Crippen molar-refractivity contribution in [3.63, 3.8) is 0 Å². The van der Waals surface area contributed by atoms with Gasteiger partial charge in [-0.2, -0.15) is 0 Å². The zero-order valence-electron chi connectivity index (χ0n) is 24.1. The number of rotatable bonds is 6. The summed E-state index contributed by atoms with van der Waals surface area (Å²) in [5.41, 5.74) is 3.89. The summed E-state index contributed by atoms with van der Waals surface area (Å²) < 4.78 is 0. The number of halogens is 2. The molecule has 0 aliphatic heterocycles. The van der Waals surface area contributed by atoms with Gasteiger partial charge >= 0.3 is 37.9 Å². The van der Waals surface area contributed by atoms with Crippen molar-refractivity contribution in [2.24, 2.45) is 35.5 Å². The Bertz CT molecular complexity index is 756. The summed E-state index contributed by atoms with van der Waals surface area (Å²) in [5, 5.41) is 0. The van der Waals surface area contributed by atoms with Crippen molar-refractivity contribution in [2.75, 3.05) is 0 Å². The van der Waals surface area contributed by atoms with E-state index in [9.17, 15) is 0 Å². The van der Waals surface area contributed by atoms with Gasteiger partial charge in [-0.05, 0) is 83.8 Å². The van der Waals surface area contributed by atoms with Crippen LogP contribution in [-0.2, 0) is 20.8 Å². The molecule has 0 nitrogen and oxygen atoms in total. The van der Waals surface area contributed by atoms with Crippen molar-refractivity contribution in [1.29, 1.82) is 0 Å². The van der Waals surface area contributed by atoms with E-state index in [0.717, 1.165) is 52.5 Å². The summed E-state index contributed by atoms with van der Waals surface area (Å²) in [5.74, 6) is 6.93. The minimum absolute atomic E-state index is 0. The molecule has 4 aliphatic rings. The normalized spacial score (nSPS) is 36.9. The molecule has 36 heavy (non-hydrogen) atoms. The van der Waals surface area contributed by atoms with Crippen LogP contribution in [0.15, 0.2) is 30.3 Å². The van der Waals surface area contributed by atoms with Crippen LogP contribution < -0.4 is 0 Å². The van der Waals surface area contributed by atoms with Crippen molar-refractivity contribution >= 4 is 25.1 Å². The van der Waals surface area contributed by atoms with Crippen LogP contribution >= 0.6 is 17.0 Å². The van der Waals surface area contributed by atoms with Gasteiger partial charge in [0, 0.05) is 0 Å². The van der Waals surface area contributed by atoms with Crippen molar-refractivity contribution in [2.45, 2.75) is 115 Å². The molecule has 0 amide bonds. The molecule has 0 radical (unpaired) electrons.